The maximum absolute atomic E-state index is 11.1. The maximum Gasteiger partial charge on any atom is 0.384 e. The molecule has 1 aliphatic heterocycles. The number of rotatable bonds is 2. The minimum atomic E-state index is -0.752. The molecule has 1 fully saturated rings. The van der Waals surface area contributed by atoms with Gasteiger partial charge in [-0.15, -0.1) is 0 Å². The van der Waals surface area contributed by atoms with Crippen LogP contribution in [0.2, 0.25) is 0 Å². The maximum atomic E-state index is 11.1. The number of piperidine rings is 1. The second kappa shape index (κ2) is 6.56. The second-order valence-corrected chi connectivity index (χ2v) is 4.83. The van der Waals surface area contributed by atoms with Gasteiger partial charge >= 0.3 is 5.97 Å². The fourth-order valence-corrected chi connectivity index (χ4v) is 2.28. The molecule has 1 heterocycles. The van der Waals surface area contributed by atoms with Gasteiger partial charge in [0.1, 0.15) is 0 Å². The van der Waals surface area contributed by atoms with Crippen LogP contribution in [0.4, 0.5) is 0 Å². The summed E-state index contributed by atoms with van der Waals surface area (Å²) in [7, 11) is 0. The number of carbonyl (C=O) groups is 1. The molecule has 0 amide bonds. The number of esters is 1. The molecule has 106 valence electrons. The third-order valence-corrected chi connectivity index (χ3v) is 3.44. The topological polar surface area (TPSA) is 58.6 Å². The van der Waals surface area contributed by atoms with Gasteiger partial charge in [-0.1, -0.05) is 18.1 Å². The number of hydrogen-bond donors (Lipinski definition) is 2. The molecule has 0 atom stereocenters. The standard InChI is InChI=1S/C16H19NO3/c1-2-20-15(18)8-5-13-3-6-14(7-4-13)16(19)9-11-17-12-10-16/h3-4,6-7,17,19H,2,9-12H2,1H3. The summed E-state index contributed by atoms with van der Waals surface area (Å²) < 4.78 is 4.74. The number of hydrogen-bond acceptors (Lipinski definition) is 4. The number of ether oxygens (including phenoxy) is 1. The van der Waals surface area contributed by atoms with Gasteiger partial charge in [-0.05, 0) is 50.6 Å². The fraction of sp³-hybridized carbons (Fsp3) is 0.438. The van der Waals surface area contributed by atoms with Crippen molar-refractivity contribution in [2.24, 2.45) is 0 Å². The molecule has 0 saturated carbocycles. The minimum Gasteiger partial charge on any atom is -0.456 e. The lowest BCUT2D eigenvalue weighted by Gasteiger charge is -2.33. The van der Waals surface area contributed by atoms with E-state index in [-0.39, 0.29) is 0 Å². The summed E-state index contributed by atoms with van der Waals surface area (Å²) in [5, 5.41) is 13.8. The quantitative estimate of drug-likeness (QED) is 0.627. The van der Waals surface area contributed by atoms with E-state index in [4.69, 9.17) is 4.74 Å². The predicted octanol–water partition coefficient (Wildman–Crippen LogP) is 1.17. The smallest absolute Gasteiger partial charge is 0.384 e. The van der Waals surface area contributed by atoms with Gasteiger partial charge < -0.3 is 15.2 Å². The highest BCUT2D eigenvalue weighted by Crippen LogP contribution is 2.30. The Morgan fingerprint density at radius 3 is 2.60 bits per heavy atom. The van der Waals surface area contributed by atoms with Crippen molar-refractivity contribution < 1.29 is 14.6 Å². The van der Waals surface area contributed by atoms with Gasteiger partial charge in [0.2, 0.25) is 0 Å². The van der Waals surface area contributed by atoms with Gasteiger partial charge in [-0.3, -0.25) is 0 Å². The zero-order valence-corrected chi connectivity index (χ0v) is 11.6. The van der Waals surface area contributed by atoms with Crippen LogP contribution in [-0.4, -0.2) is 30.8 Å². The molecule has 1 aliphatic rings. The van der Waals surface area contributed by atoms with Gasteiger partial charge in [0, 0.05) is 11.5 Å². The molecule has 20 heavy (non-hydrogen) atoms. The van der Waals surface area contributed by atoms with E-state index in [0.717, 1.165) is 24.2 Å². The van der Waals surface area contributed by atoms with E-state index in [1.165, 1.54) is 0 Å². The van der Waals surface area contributed by atoms with Crippen LogP contribution in [0.3, 0.4) is 0 Å². The lowest BCUT2D eigenvalue weighted by atomic mass is 9.85. The van der Waals surface area contributed by atoms with Crippen LogP contribution >= 0.6 is 0 Å². The van der Waals surface area contributed by atoms with Gasteiger partial charge in [0.25, 0.3) is 0 Å². The van der Waals surface area contributed by atoms with E-state index in [2.05, 4.69) is 17.2 Å². The molecule has 0 bridgehead atoms. The first-order valence-corrected chi connectivity index (χ1v) is 6.86. The Balaban J connectivity index is 2.08. The average molecular weight is 273 g/mol. The van der Waals surface area contributed by atoms with Crippen molar-refractivity contribution in [1.29, 1.82) is 0 Å². The number of benzene rings is 1. The van der Waals surface area contributed by atoms with Crippen molar-refractivity contribution in [2.45, 2.75) is 25.4 Å². The van der Waals surface area contributed by atoms with Gasteiger partial charge in [0.05, 0.1) is 12.2 Å². The van der Waals surface area contributed by atoms with Crippen molar-refractivity contribution in [3.8, 4) is 11.8 Å². The molecule has 0 spiro atoms. The second-order valence-electron chi connectivity index (χ2n) is 4.83. The first kappa shape index (κ1) is 14.6. The van der Waals surface area contributed by atoms with E-state index in [0.29, 0.717) is 19.4 Å². The Morgan fingerprint density at radius 1 is 1.35 bits per heavy atom. The Morgan fingerprint density at radius 2 is 2.00 bits per heavy atom. The third-order valence-electron chi connectivity index (χ3n) is 3.44. The molecule has 4 nitrogen and oxygen atoms in total. The predicted molar refractivity (Wildman–Crippen MR) is 76.0 cm³/mol. The molecule has 2 N–H and O–H groups in total. The van der Waals surface area contributed by atoms with E-state index < -0.39 is 11.6 Å². The van der Waals surface area contributed by atoms with E-state index >= 15 is 0 Å². The molecule has 1 saturated heterocycles. The molecule has 0 aromatic heterocycles. The van der Waals surface area contributed by atoms with Crippen LogP contribution in [0.25, 0.3) is 0 Å². The lowest BCUT2D eigenvalue weighted by Crippen LogP contribution is -2.39. The van der Waals surface area contributed by atoms with Crippen LogP contribution in [0.15, 0.2) is 24.3 Å². The number of aliphatic hydroxyl groups is 1. The normalized spacial score (nSPS) is 16.9. The molecule has 4 heteroatoms. The Hall–Kier alpha value is -1.83. The lowest BCUT2D eigenvalue weighted by molar-refractivity contribution is -0.136. The summed E-state index contributed by atoms with van der Waals surface area (Å²) in [6.07, 6.45) is 1.42. The molecule has 2 rings (SSSR count). The largest absolute Gasteiger partial charge is 0.456 e. The summed E-state index contributed by atoms with van der Waals surface area (Å²) in [5.41, 5.74) is 0.887. The van der Waals surface area contributed by atoms with Gasteiger partial charge in [-0.25, -0.2) is 4.79 Å². The highest BCUT2D eigenvalue weighted by Gasteiger charge is 2.30. The molecule has 0 radical (unpaired) electrons. The Labute approximate surface area is 119 Å². The van der Waals surface area contributed by atoms with Crippen molar-refractivity contribution in [3.05, 3.63) is 35.4 Å². The first-order valence-electron chi connectivity index (χ1n) is 6.86. The summed E-state index contributed by atoms with van der Waals surface area (Å²) in [6, 6.07) is 7.39. The van der Waals surface area contributed by atoms with Gasteiger partial charge in [0.15, 0.2) is 0 Å². The SMILES string of the molecule is CCOC(=O)C#Cc1ccc(C2(O)CCNCC2)cc1. The van der Waals surface area contributed by atoms with Gasteiger partial charge in [-0.2, -0.15) is 0 Å². The number of nitrogens with one attached hydrogen (secondary N) is 1. The third kappa shape index (κ3) is 3.60. The van der Waals surface area contributed by atoms with Crippen LogP contribution in [0, 0.1) is 11.8 Å². The van der Waals surface area contributed by atoms with Crippen molar-refractivity contribution >= 4 is 5.97 Å². The Bertz CT molecular complexity index is 519. The number of carbonyl (C=O) groups excluding carboxylic acids is 1. The van der Waals surface area contributed by atoms with Crippen LogP contribution in [0.5, 0.6) is 0 Å². The molecule has 1 aromatic rings. The molecule has 0 unspecified atom stereocenters. The molecule has 1 aromatic carbocycles. The van der Waals surface area contributed by atoms with Crippen molar-refractivity contribution in [3.63, 3.8) is 0 Å². The van der Waals surface area contributed by atoms with Crippen molar-refractivity contribution in [2.75, 3.05) is 19.7 Å². The van der Waals surface area contributed by atoms with E-state index in [1.54, 1.807) is 6.92 Å². The average Bonchev–Trinajstić information content (AvgIpc) is 2.47. The fourth-order valence-electron chi connectivity index (χ4n) is 2.28. The first-order chi connectivity index (χ1) is 9.64. The highest BCUT2D eigenvalue weighted by molar-refractivity contribution is 5.89. The highest BCUT2D eigenvalue weighted by atomic mass is 16.5. The molecular weight excluding hydrogens is 254 g/mol. The molecule has 0 aliphatic carbocycles. The van der Waals surface area contributed by atoms with Crippen LogP contribution in [0.1, 0.15) is 30.9 Å². The Kier molecular flexibility index (Phi) is 4.78. The monoisotopic (exact) mass is 273 g/mol. The minimum absolute atomic E-state index is 0.327. The van der Waals surface area contributed by atoms with Crippen LogP contribution < -0.4 is 5.32 Å². The van der Waals surface area contributed by atoms with Crippen molar-refractivity contribution in [1.82, 2.24) is 5.32 Å². The summed E-state index contributed by atoms with van der Waals surface area (Å²) in [4.78, 5) is 11.1. The van der Waals surface area contributed by atoms with Crippen LogP contribution in [-0.2, 0) is 15.1 Å². The zero-order chi connectivity index (χ0) is 14.4. The van der Waals surface area contributed by atoms with E-state index in [9.17, 15) is 9.90 Å². The molecular formula is C16H19NO3. The summed E-state index contributed by atoms with van der Waals surface area (Å²) in [6.45, 7) is 3.71. The van der Waals surface area contributed by atoms with E-state index in [1.807, 2.05) is 24.3 Å². The summed E-state index contributed by atoms with van der Waals surface area (Å²) >= 11 is 0. The summed E-state index contributed by atoms with van der Waals surface area (Å²) in [5.74, 6) is 4.66. The zero-order valence-electron chi connectivity index (χ0n) is 11.6.